The summed E-state index contributed by atoms with van der Waals surface area (Å²) in [5.74, 6) is 9.88. The van der Waals surface area contributed by atoms with E-state index in [1.165, 1.54) is 11.1 Å². The fraction of sp³-hybridized carbons (Fsp3) is 0.469. The molecular weight excluding hydrogens is 711 g/mol. The Kier molecular flexibility index (Phi) is 11.8. The van der Waals surface area contributed by atoms with Gasteiger partial charge in [-0.1, -0.05) is 81.5 Å². The summed E-state index contributed by atoms with van der Waals surface area (Å²) in [5, 5.41) is 28.2. The van der Waals surface area contributed by atoms with Crippen molar-refractivity contribution in [2.45, 2.75) is 109 Å². The van der Waals surface area contributed by atoms with E-state index in [9.17, 15) is 10.2 Å². The summed E-state index contributed by atoms with van der Waals surface area (Å²) >= 11 is 0. The first-order valence-corrected chi connectivity index (χ1v) is 21.2. The molecule has 57 heavy (non-hydrogen) atoms. The van der Waals surface area contributed by atoms with Crippen LogP contribution >= 0.6 is 0 Å². The first kappa shape index (κ1) is 39.3. The van der Waals surface area contributed by atoms with Crippen molar-refractivity contribution in [3.05, 3.63) is 113 Å². The summed E-state index contributed by atoms with van der Waals surface area (Å²) in [6, 6.07) is 21.0. The van der Waals surface area contributed by atoms with Gasteiger partial charge in [-0.05, 0) is 110 Å². The van der Waals surface area contributed by atoms with E-state index in [0.29, 0.717) is 56.7 Å². The summed E-state index contributed by atoms with van der Waals surface area (Å²) < 4.78 is 21.5. The van der Waals surface area contributed by atoms with E-state index in [4.69, 9.17) is 19.9 Å². The van der Waals surface area contributed by atoms with Gasteiger partial charge in [0.05, 0.1) is 25.0 Å². The van der Waals surface area contributed by atoms with Crippen LogP contribution in [0.25, 0.3) is 16.6 Å². The fourth-order valence-corrected chi connectivity index (χ4v) is 9.37. The molecule has 0 radical (unpaired) electrons. The van der Waals surface area contributed by atoms with E-state index in [2.05, 4.69) is 97.4 Å². The summed E-state index contributed by atoms with van der Waals surface area (Å²) in [7, 11) is 0. The maximum Gasteiger partial charge on any atom is 0.161 e. The Morgan fingerprint density at radius 1 is 0.982 bits per heavy atom. The summed E-state index contributed by atoms with van der Waals surface area (Å²) in [4.78, 5) is 0. The number of aromatic hydroxyl groups is 1. The molecule has 5 atom stereocenters. The minimum Gasteiger partial charge on any atom is -0.504 e. The minimum atomic E-state index is -0.550. The normalized spacial score (nSPS) is 25.4. The second-order valence-corrected chi connectivity index (χ2v) is 17.3. The van der Waals surface area contributed by atoms with Gasteiger partial charge in [0.15, 0.2) is 11.5 Å². The molecule has 0 amide bonds. The van der Waals surface area contributed by atoms with Crippen LogP contribution in [0.4, 0.5) is 0 Å². The van der Waals surface area contributed by atoms with Gasteiger partial charge in [-0.15, -0.1) is 0 Å². The van der Waals surface area contributed by atoms with Crippen LogP contribution in [0.1, 0.15) is 94.4 Å². The molecule has 5 N–H and O–H groups in total. The molecule has 5 unspecified atom stereocenters. The maximum absolute atomic E-state index is 11.5. The van der Waals surface area contributed by atoms with Crippen LogP contribution in [0.15, 0.2) is 90.3 Å². The zero-order chi connectivity index (χ0) is 39.5. The van der Waals surface area contributed by atoms with Gasteiger partial charge in [-0.25, -0.2) is 0 Å². The zero-order valence-electron chi connectivity index (χ0n) is 33.8. The quantitative estimate of drug-likeness (QED) is 0.151. The topological polar surface area (TPSA) is 111 Å². The van der Waals surface area contributed by atoms with E-state index in [-0.39, 0.29) is 29.8 Å². The van der Waals surface area contributed by atoms with Crippen LogP contribution in [-0.4, -0.2) is 53.0 Å². The van der Waals surface area contributed by atoms with Gasteiger partial charge in [0.2, 0.25) is 0 Å². The summed E-state index contributed by atoms with van der Waals surface area (Å²) in [6.45, 7) is 8.80. The van der Waals surface area contributed by atoms with Crippen LogP contribution < -0.4 is 15.8 Å². The molecule has 8 heteroatoms. The molecule has 0 aliphatic carbocycles. The van der Waals surface area contributed by atoms with Gasteiger partial charge in [0, 0.05) is 58.9 Å². The monoisotopic (exact) mass is 769 g/mol. The average Bonchev–Trinajstić information content (AvgIpc) is 3.65. The lowest BCUT2D eigenvalue weighted by Crippen LogP contribution is -2.40. The molecule has 4 aromatic rings. The highest BCUT2D eigenvalue weighted by Crippen LogP contribution is 2.44. The highest BCUT2D eigenvalue weighted by Gasteiger charge is 2.37. The van der Waals surface area contributed by atoms with E-state index >= 15 is 0 Å². The lowest BCUT2D eigenvalue weighted by Gasteiger charge is -2.39. The van der Waals surface area contributed by atoms with Crippen LogP contribution in [0.2, 0.25) is 0 Å². The maximum atomic E-state index is 11.5. The first-order chi connectivity index (χ1) is 27.6. The minimum absolute atomic E-state index is 0.0970. The number of ether oxygens (including phenoxy) is 3. The zero-order valence-corrected chi connectivity index (χ0v) is 33.8. The Hall–Kier alpha value is -4.52. The molecule has 3 aromatic carbocycles. The molecule has 4 aliphatic heterocycles. The van der Waals surface area contributed by atoms with Gasteiger partial charge in [0.25, 0.3) is 0 Å². The molecule has 0 saturated carbocycles. The molecule has 1 saturated heterocycles. The van der Waals surface area contributed by atoms with Crippen molar-refractivity contribution >= 4 is 16.6 Å². The number of fused-ring (bicyclic) bond motifs is 6. The summed E-state index contributed by atoms with van der Waals surface area (Å²) in [6.07, 6.45) is 12.8. The third kappa shape index (κ3) is 8.68. The molecule has 300 valence electrons. The SMILES string of the molecule is CC(C)CCC1CCC2CC(O)CCc3ccc(O)c(c3)OCc3cc(C4(c5ccccc5)CCOCC4)cc4cn(cc34)C3=C(CO2)C(=CC(N)N3)C#CC1C. The van der Waals surface area contributed by atoms with Crippen LogP contribution in [0.5, 0.6) is 11.5 Å². The van der Waals surface area contributed by atoms with Gasteiger partial charge in [-0.3, -0.25) is 0 Å². The first-order valence-electron chi connectivity index (χ1n) is 21.2. The second kappa shape index (κ2) is 17.1. The van der Waals surface area contributed by atoms with E-state index in [1.54, 1.807) is 6.07 Å². The number of nitrogens with two attached hydrogens (primary N) is 1. The third-order valence-corrected chi connectivity index (χ3v) is 12.9. The fourth-order valence-electron chi connectivity index (χ4n) is 9.37. The Morgan fingerprint density at radius 2 is 1.81 bits per heavy atom. The average molecular weight is 770 g/mol. The number of aryl methyl sites for hydroxylation is 1. The van der Waals surface area contributed by atoms with Gasteiger partial charge in [0.1, 0.15) is 12.4 Å². The van der Waals surface area contributed by atoms with Crippen molar-refractivity contribution in [3.8, 4) is 23.3 Å². The number of benzene rings is 3. The van der Waals surface area contributed by atoms with Crippen molar-refractivity contribution in [1.82, 2.24) is 9.88 Å². The lowest BCUT2D eigenvalue weighted by atomic mass is 9.68. The van der Waals surface area contributed by atoms with E-state index in [0.717, 1.165) is 77.4 Å². The Balaban J connectivity index is 1.30. The predicted molar refractivity (Wildman–Crippen MR) is 226 cm³/mol. The largest absolute Gasteiger partial charge is 0.504 e. The predicted octanol–water partition coefficient (Wildman–Crippen LogP) is 8.57. The van der Waals surface area contributed by atoms with Crippen molar-refractivity contribution < 1.29 is 24.4 Å². The number of nitrogens with zero attached hydrogens (tertiary/aromatic N) is 1. The lowest BCUT2D eigenvalue weighted by molar-refractivity contribution is 0.0139. The van der Waals surface area contributed by atoms with E-state index < -0.39 is 12.3 Å². The number of hydrogen-bond acceptors (Lipinski definition) is 7. The number of phenols is 1. The number of rotatable bonds is 5. The molecule has 0 spiro atoms. The molecule has 1 fully saturated rings. The van der Waals surface area contributed by atoms with Gasteiger partial charge >= 0.3 is 0 Å². The number of dihydropyridines is 1. The van der Waals surface area contributed by atoms with Crippen molar-refractivity contribution in [1.29, 1.82) is 0 Å². The number of aliphatic hydroxyl groups excluding tert-OH is 1. The molecular formula is C49H59N3O5. The molecule has 5 heterocycles. The third-order valence-electron chi connectivity index (χ3n) is 12.9. The Bertz CT molecular complexity index is 2170. The number of aliphatic hydroxyl groups is 1. The number of hydrogen-bond donors (Lipinski definition) is 4. The Morgan fingerprint density at radius 3 is 2.61 bits per heavy atom. The summed E-state index contributed by atoms with van der Waals surface area (Å²) in [5.41, 5.74) is 12.9. The van der Waals surface area contributed by atoms with Crippen molar-refractivity contribution in [3.63, 3.8) is 0 Å². The Labute approximate surface area is 338 Å². The van der Waals surface area contributed by atoms with Crippen LogP contribution in [-0.2, 0) is 27.9 Å². The second-order valence-electron chi connectivity index (χ2n) is 17.3. The van der Waals surface area contributed by atoms with E-state index in [1.807, 2.05) is 18.2 Å². The van der Waals surface area contributed by atoms with Gasteiger partial charge in [-0.2, -0.15) is 0 Å². The van der Waals surface area contributed by atoms with Crippen LogP contribution in [0, 0.1) is 29.6 Å². The van der Waals surface area contributed by atoms with Crippen molar-refractivity contribution in [2.24, 2.45) is 23.5 Å². The number of aromatic nitrogens is 1. The molecule has 1 aromatic heterocycles. The standard InChI is InChI=1S/C49H59N3O5/c1-32(2)9-13-35-15-17-42-27-41(53)16-11-34-12-18-45(54)46(23-34)57-30-38-25-40(49(19-21-55-22-20-49)39-7-5-4-6-8-39)24-37-28-52(29-43(37)38)48-44(31-56-42)36(14-10-33(35)3)26-47(50)51-48/h4-8,12,18,23-26,28-29,32-33,35,41-42,47,51,53-54H,9,11,13,15-17,19-22,27,30-31,50H2,1-3H3. The van der Waals surface area contributed by atoms with Gasteiger partial charge < -0.3 is 40.0 Å². The van der Waals surface area contributed by atoms with Crippen molar-refractivity contribution in [2.75, 3.05) is 19.8 Å². The number of phenolic OH excluding ortho intramolecular Hbond substituents is 1. The molecule has 8 rings (SSSR count). The molecule has 4 aliphatic rings. The molecule has 8 nitrogen and oxygen atoms in total. The highest BCUT2D eigenvalue weighted by atomic mass is 16.5. The highest BCUT2D eigenvalue weighted by molar-refractivity contribution is 5.88. The smallest absolute Gasteiger partial charge is 0.161 e. The molecule has 6 bridgehead atoms. The van der Waals surface area contributed by atoms with Crippen LogP contribution in [0.3, 0.4) is 0 Å². The number of nitrogens with one attached hydrogen (secondary N) is 1.